The number of benzene rings is 2. The predicted octanol–water partition coefficient (Wildman–Crippen LogP) is 2.28. The average Bonchev–Trinajstić information content (AvgIpc) is 2.75. The minimum Gasteiger partial charge on any atom is -0.497 e. The van der Waals surface area contributed by atoms with Crippen LogP contribution < -0.4 is 14.4 Å². The van der Waals surface area contributed by atoms with Gasteiger partial charge in [-0.25, -0.2) is 8.42 Å². The fraction of sp³-hybridized carbons (Fsp3) is 0.333. The Morgan fingerprint density at radius 2 is 1.68 bits per heavy atom. The molecule has 168 valence electrons. The Hall–Kier alpha value is -2.78. The summed E-state index contributed by atoms with van der Waals surface area (Å²) in [5.41, 5.74) is 1.07. The van der Waals surface area contributed by atoms with Crippen molar-refractivity contribution in [3.63, 3.8) is 0 Å². The zero-order valence-electron chi connectivity index (χ0n) is 17.8. The van der Waals surface area contributed by atoms with Crippen molar-refractivity contribution < 1.29 is 22.7 Å². The van der Waals surface area contributed by atoms with E-state index in [0.29, 0.717) is 16.5 Å². The third kappa shape index (κ3) is 6.60. The molecule has 0 saturated carbocycles. The lowest BCUT2D eigenvalue weighted by molar-refractivity contribution is -0.139. The second-order valence-corrected chi connectivity index (χ2v) is 9.25. The second-order valence-electron chi connectivity index (χ2n) is 6.91. The van der Waals surface area contributed by atoms with E-state index in [4.69, 9.17) is 16.3 Å². The van der Waals surface area contributed by atoms with Crippen molar-refractivity contribution in [3.05, 3.63) is 59.1 Å². The van der Waals surface area contributed by atoms with Gasteiger partial charge < -0.3 is 15.0 Å². The first kappa shape index (κ1) is 24.5. The molecule has 0 fully saturated rings. The van der Waals surface area contributed by atoms with Gasteiger partial charge in [-0.15, -0.1) is 0 Å². The topological polar surface area (TPSA) is 96.0 Å². The van der Waals surface area contributed by atoms with Gasteiger partial charge in [0.25, 0.3) is 0 Å². The van der Waals surface area contributed by atoms with Crippen LogP contribution in [-0.2, 0) is 26.2 Å². The Morgan fingerprint density at radius 1 is 1.10 bits per heavy atom. The number of likely N-dealkylation sites (N-methyl/N-ethyl adjacent to an activating group) is 1. The first-order valence-corrected chi connectivity index (χ1v) is 11.7. The Morgan fingerprint density at radius 3 is 2.16 bits per heavy atom. The van der Waals surface area contributed by atoms with Crippen LogP contribution in [0.1, 0.15) is 12.5 Å². The van der Waals surface area contributed by atoms with Crippen LogP contribution in [0.5, 0.6) is 5.75 Å². The highest BCUT2D eigenvalue weighted by Gasteiger charge is 2.29. The van der Waals surface area contributed by atoms with Gasteiger partial charge in [0.05, 0.1) is 19.1 Å². The molecule has 0 saturated heterocycles. The van der Waals surface area contributed by atoms with E-state index < -0.39 is 28.5 Å². The number of hydrogen-bond acceptors (Lipinski definition) is 5. The van der Waals surface area contributed by atoms with Crippen LogP contribution in [0.3, 0.4) is 0 Å². The fourth-order valence-corrected chi connectivity index (χ4v) is 3.92. The third-order valence-electron chi connectivity index (χ3n) is 4.72. The number of carbonyl (C=O) groups excluding carboxylic acids is 2. The summed E-state index contributed by atoms with van der Waals surface area (Å²) in [6.07, 6.45) is 1.02. The molecule has 0 spiro atoms. The molecule has 10 heteroatoms. The number of rotatable bonds is 9. The number of hydrogen-bond donors (Lipinski definition) is 1. The average molecular weight is 468 g/mol. The van der Waals surface area contributed by atoms with E-state index in [-0.39, 0.29) is 12.5 Å². The smallest absolute Gasteiger partial charge is 0.244 e. The van der Waals surface area contributed by atoms with Crippen LogP contribution in [0.2, 0.25) is 5.02 Å². The number of nitrogens with zero attached hydrogens (tertiary/aromatic N) is 2. The molecule has 0 heterocycles. The van der Waals surface area contributed by atoms with Crippen LogP contribution in [-0.4, -0.2) is 58.1 Å². The van der Waals surface area contributed by atoms with E-state index in [1.54, 1.807) is 55.5 Å². The van der Waals surface area contributed by atoms with Crippen molar-refractivity contribution >= 4 is 39.1 Å². The molecular formula is C21H26ClN3O5S. The first-order valence-electron chi connectivity index (χ1n) is 9.44. The lowest BCUT2D eigenvalue weighted by Gasteiger charge is -2.31. The van der Waals surface area contributed by atoms with E-state index >= 15 is 0 Å². The van der Waals surface area contributed by atoms with Gasteiger partial charge in [-0.2, -0.15) is 0 Å². The van der Waals surface area contributed by atoms with E-state index in [9.17, 15) is 18.0 Å². The van der Waals surface area contributed by atoms with Crippen molar-refractivity contribution in [2.45, 2.75) is 19.5 Å². The summed E-state index contributed by atoms with van der Waals surface area (Å²) in [5, 5.41) is 3.07. The normalized spacial score (nSPS) is 12.0. The zero-order valence-corrected chi connectivity index (χ0v) is 19.4. The van der Waals surface area contributed by atoms with Crippen LogP contribution in [0.15, 0.2) is 48.5 Å². The van der Waals surface area contributed by atoms with E-state index in [2.05, 4.69) is 5.32 Å². The third-order valence-corrected chi connectivity index (χ3v) is 6.11. The minimum absolute atomic E-state index is 0.116. The van der Waals surface area contributed by atoms with Crippen LogP contribution >= 0.6 is 11.6 Å². The molecule has 0 aromatic heterocycles. The molecule has 0 aliphatic carbocycles. The molecule has 0 aliphatic rings. The van der Waals surface area contributed by atoms with Gasteiger partial charge in [0, 0.05) is 18.6 Å². The van der Waals surface area contributed by atoms with Crippen molar-refractivity contribution in [1.82, 2.24) is 10.2 Å². The molecule has 2 amide bonds. The maximum absolute atomic E-state index is 13.2. The van der Waals surface area contributed by atoms with E-state index in [1.807, 2.05) is 0 Å². The Bertz CT molecular complexity index is 1010. The van der Waals surface area contributed by atoms with Crippen molar-refractivity contribution in [2.75, 3.05) is 31.3 Å². The molecule has 2 rings (SSSR count). The number of nitrogens with one attached hydrogen (secondary N) is 1. The molecular weight excluding hydrogens is 442 g/mol. The van der Waals surface area contributed by atoms with E-state index in [1.165, 1.54) is 19.1 Å². The summed E-state index contributed by atoms with van der Waals surface area (Å²) in [5.74, 6) is -0.328. The molecule has 0 aliphatic heterocycles. The maximum Gasteiger partial charge on any atom is 0.244 e. The zero-order chi connectivity index (χ0) is 23.2. The van der Waals surface area contributed by atoms with Crippen molar-refractivity contribution in [1.29, 1.82) is 0 Å². The predicted molar refractivity (Wildman–Crippen MR) is 121 cm³/mol. The summed E-state index contributed by atoms with van der Waals surface area (Å²) in [4.78, 5) is 26.8. The molecule has 2 aromatic carbocycles. The molecule has 2 aromatic rings. The van der Waals surface area contributed by atoms with Crippen molar-refractivity contribution in [3.8, 4) is 5.75 Å². The molecule has 8 nitrogen and oxygen atoms in total. The van der Waals surface area contributed by atoms with Crippen molar-refractivity contribution in [2.24, 2.45) is 0 Å². The summed E-state index contributed by atoms with van der Waals surface area (Å²) < 4.78 is 31.0. The molecule has 0 bridgehead atoms. The highest BCUT2D eigenvalue weighted by molar-refractivity contribution is 7.92. The van der Waals surface area contributed by atoms with Crippen LogP contribution in [0.4, 0.5) is 5.69 Å². The Kier molecular flexibility index (Phi) is 8.29. The number of methoxy groups -OCH3 is 1. The summed E-state index contributed by atoms with van der Waals surface area (Å²) in [7, 11) is -0.791. The van der Waals surface area contributed by atoms with Gasteiger partial charge in [0.2, 0.25) is 21.8 Å². The van der Waals surface area contributed by atoms with Crippen LogP contribution in [0, 0.1) is 0 Å². The summed E-state index contributed by atoms with van der Waals surface area (Å²) in [6, 6.07) is 12.4. The SMILES string of the molecule is CNC(=O)[C@@H](C)N(Cc1ccc(Cl)cc1)C(=O)CN(c1ccc(OC)cc1)S(C)(=O)=O. The monoisotopic (exact) mass is 467 g/mol. The Labute approximate surface area is 187 Å². The molecule has 0 unspecified atom stereocenters. The van der Waals surface area contributed by atoms with Crippen LogP contribution in [0.25, 0.3) is 0 Å². The molecule has 0 radical (unpaired) electrons. The number of amides is 2. The molecule has 31 heavy (non-hydrogen) atoms. The highest BCUT2D eigenvalue weighted by atomic mass is 35.5. The number of sulfonamides is 1. The minimum atomic E-state index is -3.77. The Balaban J connectivity index is 2.35. The maximum atomic E-state index is 13.2. The van der Waals surface area contributed by atoms with Gasteiger partial charge in [0.1, 0.15) is 18.3 Å². The quantitative estimate of drug-likeness (QED) is 0.610. The standard InChI is InChI=1S/C21H26ClN3O5S/c1-15(21(27)23-2)24(13-16-5-7-17(22)8-6-16)20(26)14-25(31(4,28)29)18-9-11-19(30-3)12-10-18/h5-12,15H,13-14H2,1-4H3,(H,23,27)/t15-/m1/s1. The second kappa shape index (κ2) is 10.5. The summed E-state index contributed by atoms with van der Waals surface area (Å²) in [6.45, 7) is 1.25. The lowest BCUT2D eigenvalue weighted by atomic mass is 10.1. The molecule has 1 N–H and O–H groups in total. The van der Waals surface area contributed by atoms with Gasteiger partial charge in [-0.05, 0) is 48.9 Å². The summed E-state index contributed by atoms with van der Waals surface area (Å²) >= 11 is 5.93. The lowest BCUT2D eigenvalue weighted by Crippen LogP contribution is -2.50. The van der Waals surface area contributed by atoms with E-state index in [0.717, 1.165) is 16.1 Å². The van der Waals surface area contributed by atoms with Gasteiger partial charge in [-0.3, -0.25) is 13.9 Å². The molecule has 1 atom stereocenters. The van der Waals surface area contributed by atoms with Gasteiger partial charge in [-0.1, -0.05) is 23.7 Å². The fourth-order valence-electron chi connectivity index (χ4n) is 2.94. The highest BCUT2D eigenvalue weighted by Crippen LogP contribution is 2.22. The number of anilines is 1. The first-order chi connectivity index (χ1) is 14.6. The number of ether oxygens (including phenoxy) is 1. The number of carbonyl (C=O) groups is 2. The largest absolute Gasteiger partial charge is 0.497 e. The number of halogens is 1. The van der Waals surface area contributed by atoms with Gasteiger partial charge in [0.15, 0.2) is 0 Å². The van der Waals surface area contributed by atoms with Gasteiger partial charge >= 0.3 is 0 Å².